The lowest BCUT2D eigenvalue weighted by atomic mass is 10.3. The molecule has 12 heavy (non-hydrogen) atoms. The van der Waals surface area contributed by atoms with Crippen molar-refractivity contribution in [3.63, 3.8) is 0 Å². The van der Waals surface area contributed by atoms with Crippen molar-refractivity contribution in [3.8, 4) is 0 Å². The van der Waals surface area contributed by atoms with Gasteiger partial charge in [0.2, 0.25) is 0 Å². The zero-order valence-electron chi connectivity index (χ0n) is 6.49. The van der Waals surface area contributed by atoms with Crippen LogP contribution in [-0.4, -0.2) is 11.5 Å². The molecule has 1 radical (unpaired) electrons. The summed E-state index contributed by atoms with van der Waals surface area (Å²) < 4.78 is 0. The molecule has 1 rings (SSSR count). The van der Waals surface area contributed by atoms with Gasteiger partial charge in [0.25, 0.3) is 5.69 Å². The first kappa shape index (κ1) is 8.52. The number of benzene rings is 1. The van der Waals surface area contributed by atoms with E-state index in [0.29, 0.717) is 6.54 Å². The Kier molecular flexibility index (Phi) is 2.63. The predicted octanol–water partition coefficient (Wildman–Crippen LogP) is 1.84. The molecule has 0 heterocycles. The zero-order valence-corrected chi connectivity index (χ0v) is 6.49. The molecular weight excluding hydrogens is 156 g/mol. The first-order valence-electron chi connectivity index (χ1n) is 3.51. The summed E-state index contributed by atoms with van der Waals surface area (Å²) in [5.74, 6) is 0. The van der Waals surface area contributed by atoms with Crippen LogP contribution in [0.4, 0.5) is 11.4 Å². The van der Waals surface area contributed by atoms with Crippen LogP contribution in [0, 0.1) is 17.0 Å². The van der Waals surface area contributed by atoms with Crippen molar-refractivity contribution in [2.24, 2.45) is 0 Å². The first-order chi connectivity index (χ1) is 5.74. The molecule has 0 bridgehead atoms. The van der Waals surface area contributed by atoms with Crippen LogP contribution < -0.4 is 5.32 Å². The van der Waals surface area contributed by atoms with Gasteiger partial charge >= 0.3 is 0 Å². The second kappa shape index (κ2) is 3.71. The molecule has 0 fully saturated rings. The van der Waals surface area contributed by atoms with Gasteiger partial charge in [-0.05, 0) is 19.1 Å². The van der Waals surface area contributed by atoms with Crippen molar-refractivity contribution in [1.82, 2.24) is 0 Å². The molecule has 4 heteroatoms. The minimum Gasteiger partial charge on any atom is -0.385 e. The van der Waals surface area contributed by atoms with Crippen LogP contribution in [-0.2, 0) is 0 Å². The number of nitrogens with zero attached hydrogens (tertiary/aromatic N) is 1. The molecule has 0 aliphatic heterocycles. The van der Waals surface area contributed by atoms with Crippen LogP contribution in [0.5, 0.6) is 0 Å². The van der Waals surface area contributed by atoms with E-state index in [1.165, 1.54) is 12.1 Å². The summed E-state index contributed by atoms with van der Waals surface area (Å²) in [5, 5.41) is 13.2. The van der Waals surface area contributed by atoms with Crippen LogP contribution in [0.25, 0.3) is 0 Å². The first-order valence-corrected chi connectivity index (χ1v) is 3.51. The lowest BCUT2D eigenvalue weighted by Crippen LogP contribution is -1.96. The van der Waals surface area contributed by atoms with Crippen molar-refractivity contribution in [2.45, 2.75) is 0 Å². The van der Waals surface area contributed by atoms with Crippen LogP contribution in [0.2, 0.25) is 0 Å². The standard InChI is InChI=1S/C8H9N2O2/c1-2-9-7-3-5-8(6-4-7)10(11)12/h3-6,9H,1-2H2. The van der Waals surface area contributed by atoms with Crippen LogP contribution in [0.15, 0.2) is 24.3 Å². The average molecular weight is 165 g/mol. The zero-order chi connectivity index (χ0) is 8.97. The quantitative estimate of drug-likeness (QED) is 0.549. The average Bonchev–Trinajstić information content (AvgIpc) is 2.06. The van der Waals surface area contributed by atoms with Gasteiger partial charge in [-0.3, -0.25) is 10.1 Å². The summed E-state index contributed by atoms with van der Waals surface area (Å²) >= 11 is 0. The second-order valence-corrected chi connectivity index (χ2v) is 2.23. The highest BCUT2D eigenvalue weighted by molar-refractivity contribution is 5.48. The fraction of sp³-hybridized carbons (Fsp3) is 0.125. The van der Waals surface area contributed by atoms with E-state index in [9.17, 15) is 10.1 Å². The summed E-state index contributed by atoms with van der Waals surface area (Å²) in [7, 11) is 0. The summed E-state index contributed by atoms with van der Waals surface area (Å²) in [6.45, 7) is 4.16. The maximum atomic E-state index is 10.2. The van der Waals surface area contributed by atoms with E-state index in [1.54, 1.807) is 12.1 Å². The minimum absolute atomic E-state index is 0.101. The van der Waals surface area contributed by atoms with Crippen LogP contribution in [0.3, 0.4) is 0 Å². The lowest BCUT2D eigenvalue weighted by molar-refractivity contribution is -0.384. The van der Waals surface area contributed by atoms with Gasteiger partial charge in [-0.15, -0.1) is 0 Å². The molecule has 63 valence electrons. The number of hydrogen-bond donors (Lipinski definition) is 1. The van der Waals surface area contributed by atoms with E-state index in [4.69, 9.17) is 0 Å². The fourth-order valence-corrected chi connectivity index (χ4v) is 0.845. The maximum Gasteiger partial charge on any atom is 0.269 e. The van der Waals surface area contributed by atoms with E-state index in [0.717, 1.165) is 5.69 Å². The molecule has 1 N–H and O–H groups in total. The SMILES string of the molecule is [CH2]CNc1ccc([N+](=O)[O-])cc1. The summed E-state index contributed by atoms with van der Waals surface area (Å²) in [4.78, 5) is 9.82. The summed E-state index contributed by atoms with van der Waals surface area (Å²) in [6.07, 6.45) is 0. The highest BCUT2D eigenvalue weighted by Crippen LogP contribution is 2.14. The second-order valence-electron chi connectivity index (χ2n) is 2.23. The highest BCUT2D eigenvalue weighted by Gasteiger charge is 2.02. The van der Waals surface area contributed by atoms with Gasteiger partial charge in [0.1, 0.15) is 0 Å². The van der Waals surface area contributed by atoms with Crippen LogP contribution >= 0.6 is 0 Å². The summed E-state index contributed by atoms with van der Waals surface area (Å²) in [5.41, 5.74) is 0.945. The minimum atomic E-state index is -0.423. The van der Waals surface area contributed by atoms with Gasteiger partial charge in [0.15, 0.2) is 0 Å². The molecule has 0 aliphatic carbocycles. The van der Waals surface area contributed by atoms with Gasteiger partial charge < -0.3 is 5.32 Å². The van der Waals surface area contributed by atoms with Crippen molar-refractivity contribution < 1.29 is 4.92 Å². The largest absolute Gasteiger partial charge is 0.385 e. The molecule has 4 nitrogen and oxygen atoms in total. The molecule has 0 saturated carbocycles. The van der Waals surface area contributed by atoms with E-state index in [1.807, 2.05) is 0 Å². The molecule has 0 unspecified atom stereocenters. The van der Waals surface area contributed by atoms with Gasteiger partial charge in [-0.1, -0.05) is 0 Å². The predicted molar refractivity (Wildman–Crippen MR) is 46.9 cm³/mol. The lowest BCUT2D eigenvalue weighted by Gasteiger charge is -2.00. The molecule has 0 atom stereocenters. The maximum absolute atomic E-state index is 10.2. The number of anilines is 1. The molecule has 1 aromatic rings. The molecule has 0 aliphatic rings. The number of non-ortho nitro benzene ring substituents is 1. The Morgan fingerprint density at radius 3 is 2.42 bits per heavy atom. The third-order valence-corrected chi connectivity index (χ3v) is 1.41. The van der Waals surface area contributed by atoms with Crippen molar-refractivity contribution in [2.75, 3.05) is 11.9 Å². The Bertz CT molecular complexity index is 269. The number of rotatable bonds is 3. The highest BCUT2D eigenvalue weighted by atomic mass is 16.6. The van der Waals surface area contributed by atoms with Crippen molar-refractivity contribution in [3.05, 3.63) is 41.3 Å². The molecule has 1 aromatic carbocycles. The van der Waals surface area contributed by atoms with Gasteiger partial charge in [0, 0.05) is 24.4 Å². The third-order valence-electron chi connectivity index (χ3n) is 1.41. The topological polar surface area (TPSA) is 55.2 Å². The van der Waals surface area contributed by atoms with Gasteiger partial charge in [0.05, 0.1) is 4.92 Å². The monoisotopic (exact) mass is 165 g/mol. The van der Waals surface area contributed by atoms with E-state index < -0.39 is 4.92 Å². The smallest absolute Gasteiger partial charge is 0.269 e. The molecule has 0 aromatic heterocycles. The Morgan fingerprint density at radius 2 is 2.00 bits per heavy atom. The fourth-order valence-electron chi connectivity index (χ4n) is 0.845. The van der Waals surface area contributed by atoms with Crippen LogP contribution in [0.1, 0.15) is 0 Å². The molecule has 0 spiro atoms. The van der Waals surface area contributed by atoms with Crippen molar-refractivity contribution >= 4 is 11.4 Å². The number of hydrogen-bond acceptors (Lipinski definition) is 3. The van der Waals surface area contributed by atoms with E-state index in [2.05, 4.69) is 12.2 Å². The molecule has 0 amide bonds. The third kappa shape index (κ3) is 1.95. The number of nitro groups is 1. The molecular formula is C8H9N2O2. The Balaban J connectivity index is 2.78. The van der Waals surface area contributed by atoms with Crippen molar-refractivity contribution in [1.29, 1.82) is 0 Å². The summed E-state index contributed by atoms with van der Waals surface area (Å²) in [6, 6.07) is 6.22. The Hall–Kier alpha value is -1.58. The molecule has 0 saturated heterocycles. The normalized spacial score (nSPS) is 9.42. The van der Waals surface area contributed by atoms with E-state index >= 15 is 0 Å². The number of nitrogens with one attached hydrogen (secondary N) is 1. The Labute approximate surface area is 70.4 Å². The Morgan fingerprint density at radius 1 is 1.42 bits per heavy atom. The van der Waals surface area contributed by atoms with E-state index in [-0.39, 0.29) is 5.69 Å². The van der Waals surface area contributed by atoms with Gasteiger partial charge in [-0.25, -0.2) is 0 Å². The van der Waals surface area contributed by atoms with Gasteiger partial charge in [-0.2, -0.15) is 0 Å². The number of nitro benzene ring substituents is 1.